The van der Waals surface area contributed by atoms with Gasteiger partial charge in [-0.15, -0.1) is 0 Å². The number of aliphatic hydroxyl groups is 6. The maximum atomic E-state index is 12.9. The molecule has 8 N–H and O–H groups in total. The summed E-state index contributed by atoms with van der Waals surface area (Å²) < 4.78 is 38.7. The first-order valence-electron chi connectivity index (χ1n) is 13.3. The average Bonchev–Trinajstić information content (AvgIpc) is 3.31. The Morgan fingerprint density at radius 3 is 2.36 bits per heavy atom. The molecule has 1 aromatic heterocycles. The monoisotopic (exact) mass is 624 g/mol. The summed E-state index contributed by atoms with van der Waals surface area (Å²) in [5.41, 5.74) is -2.86. The van der Waals surface area contributed by atoms with Crippen LogP contribution in [-0.4, -0.2) is 124 Å². The van der Waals surface area contributed by atoms with Gasteiger partial charge in [0, 0.05) is 17.7 Å². The van der Waals surface area contributed by atoms with E-state index in [0.29, 0.717) is 0 Å². The number of ether oxygens (including phenoxy) is 6. The molecule has 2 aliphatic rings. The molecule has 0 spiro atoms. The molecule has 0 saturated carbocycles. The third-order valence-electron chi connectivity index (χ3n) is 7.52. The number of rotatable bonds is 9. The molecule has 2 aliphatic heterocycles. The highest BCUT2D eigenvalue weighted by atomic mass is 16.8. The number of methoxy groups -OCH3 is 2. The minimum atomic E-state index is -2.04. The van der Waals surface area contributed by atoms with Crippen molar-refractivity contribution >= 4 is 11.0 Å². The summed E-state index contributed by atoms with van der Waals surface area (Å²) in [4.78, 5) is 12.9. The lowest BCUT2D eigenvalue weighted by Gasteiger charge is -2.42. The van der Waals surface area contributed by atoms with Gasteiger partial charge in [-0.1, -0.05) is 0 Å². The summed E-state index contributed by atoms with van der Waals surface area (Å²) in [6.45, 7) is -2.06. The summed E-state index contributed by atoms with van der Waals surface area (Å²) in [5, 5.41) is 81.7. The lowest BCUT2D eigenvalue weighted by Crippen LogP contribution is -2.62. The van der Waals surface area contributed by atoms with Gasteiger partial charge in [-0.25, -0.2) is 0 Å². The van der Waals surface area contributed by atoms with Crippen LogP contribution in [0.5, 0.6) is 28.7 Å². The van der Waals surface area contributed by atoms with E-state index in [1.165, 1.54) is 44.6 Å². The zero-order chi connectivity index (χ0) is 31.9. The van der Waals surface area contributed by atoms with Gasteiger partial charge in [-0.05, 0) is 18.2 Å². The van der Waals surface area contributed by atoms with Crippen molar-refractivity contribution in [3.8, 4) is 40.1 Å². The second-order valence-electron chi connectivity index (χ2n) is 10.3. The van der Waals surface area contributed by atoms with E-state index < -0.39 is 85.4 Å². The molecule has 8 atom stereocenters. The second kappa shape index (κ2) is 12.4. The van der Waals surface area contributed by atoms with Gasteiger partial charge in [0.1, 0.15) is 52.5 Å². The third-order valence-corrected chi connectivity index (χ3v) is 7.52. The van der Waals surface area contributed by atoms with Crippen LogP contribution in [0.25, 0.3) is 22.3 Å². The highest BCUT2D eigenvalue weighted by Crippen LogP contribution is 2.40. The maximum Gasteiger partial charge on any atom is 0.238 e. The van der Waals surface area contributed by atoms with Gasteiger partial charge in [0.05, 0.1) is 34.0 Å². The van der Waals surface area contributed by atoms with E-state index in [1.54, 1.807) is 0 Å². The summed E-state index contributed by atoms with van der Waals surface area (Å²) >= 11 is 0. The predicted octanol–water partition coefficient (Wildman–Crippen LogP) is -1.47. The number of phenolic OH excluding ortho intramolecular Hbond substituents is 1. The average molecular weight is 625 g/mol. The van der Waals surface area contributed by atoms with Crippen LogP contribution in [-0.2, 0) is 14.2 Å². The molecule has 2 aromatic carbocycles. The number of aromatic hydroxyl groups is 2. The molecule has 2 saturated heterocycles. The molecule has 3 heterocycles. The SMILES string of the molecule is COc1cc(O)c2c(=O)c(O)c(-c3ccc(O[C@@H]4O[C@H](CO)[C@@H](O)[C@H](O)[C@H]4O[C@@H]4OC[C@@](O)(CO)[C@H]4O)c(OC)c3)oc2c1. The van der Waals surface area contributed by atoms with Crippen molar-refractivity contribution in [2.45, 2.75) is 48.7 Å². The molecule has 0 bridgehead atoms. The molecule has 5 rings (SSSR count). The molecular formula is C28H32O16. The molecular weight excluding hydrogens is 592 g/mol. The van der Waals surface area contributed by atoms with Gasteiger partial charge in [-0.3, -0.25) is 4.79 Å². The Kier molecular flexibility index (Phi) is 8.90. The van der Waals surface area contributed by atoms with Crippen LogP contribution in [0.1, 0.15) is 0 Å². The van der Waals surface area contributed by atoms with Gasteiger partial charge in [0.2, 0.25) is 17.5 Å². The zero-order valence-electron chi connectivity index (χ0n) is 23.4. The molecule has 0 amide bonds. The van der Waals surface area contributed by atoms with Crippen molar-refractivity contribution < 1.29 is 73.7 Å². The van der Waals surface area contributed by atoms with Crippen LogP contribution in [0.2, 0.25) is 0 Å². The fourth-order valence-corrected chi connectivity index (χ4v) is 4.97. The molecule has 44 heavy (non-hydrogen) atoms. The van der Waals surface area contributed by atoms with Gasteiger partial charge < -0.3 is 73.7 Å². The first-order valence-corrected chi connectivity index (χ1v) is 13.3. The highest BCUT2D eigenvalue weighted by Gasteiger charge is 2.53. The molecule has 16 heteroatoms. The van der Waals surface area contributed by atoms with Crippen LogP contribution >= 0.6 is 0 Å². The Bertz CT molecular complexity index is 1560. The molecule has 0 aliphatic carbocycles. The van der Waals surface area contributed by atoms with E-state index in [-0.39, 0.29) is 39.5 Å². The topological polar surface area (TPSA) is 247 Å². The maximum absolute atomic E-state index is 12.9. The standard InChI is InChI=1S/C28H32O16/c1-38-12-6-13(31)18-16(7-12)41-23(22(35)20(18)33)11-3-4-14(15(5-11)39-2)42-26-24(21(34)19(32)17(8-29)43-26)44-27-25(36)28(37,9-30)10-40-27/h3-7,17,19,21,24-27,29-32,34-37H,8-10H2,1-2H3/t17-,19-,21+,24-,25+,26-,27+,28+/m1/s1. The van der Waals surface area contributed by atoms with Gasteiger partial charge in [-0.2, -0.15) is 0 Å². The van der Waals surface area contributed by atoms with Crippen LogP contribution in [0.4, 0.5) is 0 Å². The van der Waals surface area contributed by atoms with Gasteiger partial charge in [0.15, 0.2) is 29.7 Å². The van der Waals surface area contributed by atoms with Crippen molar-refractivity contribution in [3.63, 3.8) is 0 Å². The molecule has 2 fully saturated rings. The van der Waals surface area contributed by atoms with Crippen LogP contribution in [0.3, 0.4) is 0 Å². The summed E-state index contributed by atoms with van der Waals surface area (Å²) in [7, 11) is 2.64. The first kappa shape index (κ1) is 31.7. The van der Waals surface area contributed by atoms with Crippen molar-refractivity contribution in [2.24, 2.45) is 0 Å². The number of benzene rings is 2. The number of aliphatic hydroxyl groups excluding tert-OH is 5. The number of phenols is 1. The lowest BCUT2D eigenvalue weighted by molar-refractivity contribution is -0.319. The van der Waals surface area contributed by atoms with E-state index in [9.17, 15) is 45.6 Å². The minimum Gasteiger partial charge on any atom is -0.507 e. The smallest absolute Gasteiger partial charge is 0.238 e. The fourth-order valence-electron chi connectivity index (χ4n) is 4.97. The Balaban J connectivity index is 1.48. The largest absolute Gasteiger partial charge is 0.507 e. The van der Waals surface area contributed by atoms with Gasteiger partial charge in [0.25, 0.3) is 0 Å². The Labute approximate surface area is 248 Å². The first-order chi connectivity index (χ1) is 21.0. The molecule has 0 radical (unpaired) electrons. The van der Waals surface area contributed by atoms with E-state index in [1.807, 2.05) is 0 Å². The van der Waals surface area contributed by atoms with E-state index in [2.05, 4.69) is 0 Å². The molecule has 0 unspecified atom stereocenters. The minimum absolute atomic E-state index is 0.00783. The fraction of sp³-hybridized carbons (Fsp3) is 0.464. The number of fused-ring (bicyclic) bond motifs is 1. The summed E-state index contributed by atoms with van der Waals surface area (Å²) in [5.74, 6) is -1.34. The highest BCUT2D eigenvalue weighted by molar-refractivity contribution is 5.88. The van der Waals surface area contributed by atoms with E-state index in [4.69, 9.17) is 32.8 Å². The molecule has 240 valence electrons. The Morgan fingerprint density at radius 2 is 1.73 bits per heavy atom. The van der Waals surface area contributed by atoms with Crippen molar-refractivity contribution in [2.75, 3.05) is 34.0 Å². The van der Waals surface area contributed by atoms with Crippen molar-refractivity contribution in [1.82, 2.24) is 0 Å². The van der Waals surface area contributed by atoms with Crippen molar-refractivity contribution in [3.05, 3.63) is 40.6 Å². The van der Waals surface area contributed by atoms with Crippen LogP contribution in [0, 0.1) is 0 Å². The molecule has 16 nitrogen and oxygen atoms in total. The molecule has 3 aromatic rings. The Morgan fingerprint density at radius 1 is 0.977 bits per heavy atom. The Hall–Kier alpha value is -3.71. The van der Waals surface area contributed by atoms with E-state index >= 15 is 0 Å². The van der Waals surface area contributed by atoms with Crippen LogP contribution in [0.15, 0.2) is 39.5 Å². The number of hydrogen-bond donors (Lipinski definition) is 8. The summed E-state index contributed by atoms with van der Waals surface area (Å²) in [6, 6.07) is 6.64. The van der Waals surface area contributed by atoms with E-state index in [0.717, 1.165) is 0 Å². The zero-order valence-corrected chi connectivity index (χ0v) is 23.4. The van der Waals surface area contributed by atoms with Crippen molar-refractivity contribution in [1.29, 1.82) is 0 Å². The number of hydrogen-bond acceptors (Lipinski definition) is 16. The van der Waals surface area contributed by atoms with Crippen LogP contribution < -0.4 is 19.6 Å². The normalized spacial score (nSPS) is 30.4. The predicted molar refractivity (Wildman–Crippen MR) is 145 cm³/mol. The summed E-state index contributed by atoms with van der Waals surface area (Å²) in [6.07, 6.45) is -11.2. The third kappa shape index (κ3) is 5.51. The second-order valence-corrected chi connectivity index (χ2v) is 10.3. The van der Waals surface area contributed by atoms with Gasteiger partial charge >= 0.3 is 0 Å². The lowest BCUT2D eigenvalue weighted by atomic mass is 9.98. The quantitative estimate of drug-likeness (QED) is 0.135.